The van der Waals surface area contributed by atoms with E-state index >= 15 is 0 Å². The van der Waals surface area contributed by atoms with Crippen molar-refractivity contribution in [1.82, 2.24) is 4.90 Å². The summed E-state index contributed by atoms with van der Waals surface area (Å²) in [7, 11) is 1.93. The average molecular weight is 240 g/mol. The van der Waals surface area contributed by atoms with Crippen LogP contribution in [0.15, 0.2) is 0 Å². The van der Waals surface area contributed by atoms with E-state index in [1.54, 1.807) is 0 Å². The summed E-state index contributed by atoms with van der Waals surface area (Å²) in [6.45, 7) is 3.09. The van der Waals surface area contributed by atoms with Crippen LogP contribution in [0.4, 0.5) is 0 Å². The third-order valence-corrected chi connectivity index (χ3v) is 3.81. The number of hydrogen-bond acceptors (Lipinski definition) is 2. The number of carbonyl (C=O) groups is 1. The lowest BCUT2D eigenvalue weighted by atomic mass is 9.84. The number of carbonyl (C=O) groups excluding carboxylic acids is 1. The van der Waals surface area contributed by atoms with E-state index < -0.39 is 0 Å². The highest BCUT2D eigenvalue weighted by molar-refractivity contribution is 5.76. The molecule has 0 aromatic rings. The van der Waals surface area contributed by atoms with Crippen LogP contribution in [0.3, 0.4) is 0 Å². The fourth-order valence-electron chi connectivity index (χ4n) is 2.64. The van der Waals surface area contributed by atoms with E-state index in [-0.39, 0.29) is 0 Å². The second kappa shape index (κ2) is 7.70. The Hall–Kier alpha value is -0.570. The molecule has 17 heavy (non-hydrogen) atoms. The van der Waals surface area contributed by atoms with Crippen LogP contribution in [0.25, 0.3) is 0 Å². The van der Waals surface area contributed by atoms with Crippen molar-refractivity contribution in [2.75, 3.05) is 13.6 Å². The smallest absolute Gasteiger partial charge is 0.222 e. The molecule has 1 fully saturated rings. The molecule has 2 unspecified atom stereocenters. The summed E-state index contributed by atoms with van der Waals surface area (Å²) in [6, 6.07) is 0.326. The van der Waals surface area contributed by atoms with Gasteiger partial charge in [0.15, 0.2) is 0 Å². The molecule has 2 atom stereocenters. The van der Waals surface area contributed by atoms with Gasteiger partial charge in [0.1, 0.15) is 0 Å². The second-order valence-corrected chi connectivity index (χ2v) is 5.52. The Kier molecular flexibility index (Phi) is 6.56. The summed E-state index contributed by atoms with van der Waals surface area (Å²) in [4.78, 5) is 13.9. The van der Waals surface area contributed by atoms with E-state index in [0.717, 1.165) is 25.8 Å². The normalized spacial score (nSPS) is 24.6. The maximum Gasteiger partial charge on any atom is 0.222 e. The van der Waals surface area contributed by atoms with Crippen molar-refractivity contribution < 1.29 is 4.79 Å². The Morgan fingerprint density at radius 3 is 2.76 bits per heavy atom. The van der Waals surface area contributed by atoms with E-state index in [2.05, 4.69) is 6.92 Å². The van der Waals surface area contributed by atoms with Gasteiger partial charge in [0.2, 0.25) is 5.91 Å². The van der Waals surface area contributed by atoms with Crippen LogP contribution in [-0.4, -0.2) is 30.4 Å². The van der Waals surface area contributed by atoms with Gasteiger partial charge in [-0.2, -0.15) is 0 Å². The number of nitrogens with two attached hydrogens (primary N) is 1. The van der Waals surface area contributed by atoms with E-state index in [9.17, 15) is 4.79 Å². The van der Waals surface area contributed by atoms with Gasteiger partial charge < -0.3 is 10.6 Å². The lowest BCUT2D eigenvalue weighted by molar-refractivity contribution is -0.131. The Bertz CT molecular complexity index is 230. The van der Waals surface area contributed by atoms with Gasteiger partial charge in [0.05, 0.1) is 0 Å². The highest BCUT2D eigenvalue weighted by atomic mass is 16.2. The predicted octanol–water partition coefficient (Wildman–Crippen LogP) is 2.54. The van der Waals surface area contributed by atoms with E-state index in [1.165, 1.54) is 25.7 Å². The van der Waals surface area contributed by atoms with Crippen LogP contribution < -0.4 is 5.73 Å². The van der Waals surface area contributed by atoms with E-state index in [0.29, 0.717) is 24.3 Å². The molecule has 1 amide bonds. The van der Waals surface area contributed by atoms with Crippen molar-refractivity contribution in [1.29, 1.82) is 0 Å². The molecule has 0 aliphatic heterocycles. The monoisotopic (exact) mass is 240 g/mol. The lowest BCUT2D eigenvalue weighted by Gasteiger charge is -2.27. The lowest BCUT2D eigenvalue weighted by Crippen LogP contribution is -2.33. The third-order valence-electron chi connectivity index (χ3n) is 3.81. The number of amides is 1. The molecule has 0 aromatic heterocycles. The maximum atomic E-state index is 12.0. The average Bonchev–Trinajstić information content (AvgIpc) is 2.29. The fraction of sp³-hybridized carbons (Fsp3) is 0.929. The second-order valence-electron chi connectivity index (χ2n) is 5.52. The first kappa shape index (κ1) is 14.5. The molecule has 1 aliphatic rings. The summed E-state index contributed by atoms with van der Waals surface area (Å²) in [5.74, 6) is 0.833. The van der Waals surface area contributed by atoms with Gasteiger partial charge in [-0.3, -0.25) is 4.79 Å². The first-order valence-electron chi connectivity index (χ1n) is 7.13. The number of rotatable bonds is 6. The highest BCUT2D eigenvalue weighted by Gasteiger charge is 2.22. The van der Waals surface area contributed by atoms with Gasteiger partial charge in [0.25, 0.3) is 0 Å². The molecule has 0 bridgehead atoms. The minimum absolute atomic E-state index is 0.306. The van der Waals surface area contributed by atoms with Crippen LogP contribution in [0.5, 0.6) is 0 Å². The van der Waals surface area contributed by atoms with Crippen LogP contribution in [0, 0.1) is 5.92 Å². The molecular formula is C14H28N2O. The molecule has 2 N–H and O–H groups in total. The van der Waals surface area contributed by atoms with Gasteiger partial charge in [-0.25, -0.2) is 0 Å². The Labute approximate surface area is 106 Å². The van der Waals surface area contributed by atoms with E-state index in [4.69, 9.17) is 5.73 Å². The summed E-state index contributed by atoms with van der Waals surface area (Å²) in [5.41, 5.74) is 5.95. The Balaban J connectivity index is 2.22. The largest absolute Gasteiger partial charge is 0.346 e. The summed E-state index contributed by atoms with van der Waals surface area (Å²) < 4.78 is 0. The molecule has 1 aliphatic carbocycles. The van der Waals surface area contributed by atoms with Crippen molar-refractivity contribution in [3.63, 3.8) is 0 Å². The maximum absolute atomic E-state index is 12.0. The number of hydrogen-bond donors (Lipinski definition) is 1. The van der Waals surface area contributed by atoms with Crippen molar-refractivity contribution in [3.05, 3.63) is 0 Å². The van der Waals surface area contributed by atoms with Gasteiger partial charge in [0, 0.05) is 26.1 Å². The van der Waals surface area contributed by atoms with Crippen molar-refractivity contribution in [2.45, 2.75) is 64.3 Å². The molecule has 3 nitrogen and oxygen atoms in total. The molecule has 3 heteroatoms. The Morgan fingerprint density at radius 2 is 2.12 bits per heavy atom. The van der Waals surface area contributed by atoms with E-state index in [1.807, 2.05) is 11.9 Å². The van der Waals surface area contributed by atoms with Gasteiger partial charge in [-0.05, 0) is 31.6 Å². The zero-order valence-corrected chi connectivity index (χ0v) is 11.5. The zero-order chi connectivity index (χ0) is 12.7. The number of unbranched alkanes of at least 4 members (excludes halogenated alkanes) is 2. The summed E-state index contributed by atoms with van der Waals surface area (Å²) in [5, 5.41) is 0. The Morgan fingerprint density at radius 1 is 1.35 bits per heavy atom. The van der Waals surface area contributed by atoms with Crippen molar-refractivity contribution in [3.8, 4) is 0 Å². The van der Waals surface area contributed by atoms with Crippen molar-refractivity contribution >= 4 is 5.91 Å². The molecule has 0 saturated heterocycles. The minimum Gasteiger partial charge on any atom is -0.346 e. The summed E-state index contributed by atoms with van der Waals surface area (Å²) >= 11 is 0. The molecule has 0 radical (unpaired) electrons. The molecule has 0 heterocycles. The minimum atomic E-state index is 0.306. The molecular weight excluding hydrogens is 212 g/mol. The SMILES string of the molecule is CCCCCN(C)C(=O)CC1CCCC(N)C1. The van der Waals surface area contributed by atoms with Gasteiger partial charge >= 0.3 is 0 Å². The first-order valence-corrected chi connectivity index (χ1v) is 7.13. The number of nitrogens with zero attached hydrogens (tertiary/aromatic N) is 1. The standard InChI is InChI=1S/C14H28N2O/c1-3-4-5-9-16(2)14(17)11-12-7-6-8-13(15)10-12/h12-13H,3-11,15H2,1-2H3. The first-order chi connectivity index (χ1) is 8.13. The fourth-order valence-corrected chi connectivity index (χ4v) is 2.64. The van der Waals surface area contributed by atoms with Crippen molar-refractivity contribution in [2.24, 2.45) is 11.7 Å². The zero-order valence-electron chi connectivity index (χ0n) is 11.5. The van der Waals surface area contributed by atoms with Crippen LogP contribution in [0.1, 0.15) is 58.3 Å². The van der Waals surface area contributed by atoms with Crippen LogP contribution in [-0.2, 0) is 4.79 Å². The molecule has 1 rings (SSSR count). The molecule has 100 valence electrons. The van der Waals surface area contributed by atoms with Gasteiger partial charge in [-0.15, -0.1) is 0 Å². The molecule has 1 saturated carbocycles. The third kappa shape index (κ3) is 5.53. The topological polar surface area (TPSA) is 46.3 Å². The molecule has 0 aromatic carbocycles. The van der Waals surface area contributed by atoms with Crippen LogP contribution in [0.2, 0.25) is 0 Å². The highest BCUT2D eigenvalue weighted by Crippen LogP contribution is 2.26. The summed E-state index contributed by atoms with van der Waals surface area (Å²) in [6.07, 6.45) is 8.80. The molecule has 0 spiro atoms. The predicted molar refractivity (Wildman–Crippen MR) is 71.7 cm³/mol. The quantitative estimate of drug-likeness (QED) is 0.725. The van der Waals surface area contributed by atoms with Gasteiger partial charge in [-0.1, -0.05) is 26.2 Å². The van der Waals surface area contributed by atoms with Crippen LogP contribution >= 0.6 is 0 Å².